The second-order valence-corrected chi connectivity index (χ2v) is 9.57. The molecular formula is C19H25N3O5S. The van der Waals surface area contributed by atoms with E-state index in [-0.39, 0.29) is 22.3 Å². The van der Waals surface area contributed by atoms with Crippen molar-refractivity contribution in [3.8, 4) is 0 Å². The molecule has 1 amide bonds. The molecule has 1 saturated carbocycles. The van der Waals surface area contributed by atoms with Crippen LogP contribution in [0.25, 0.3) is 11.1 Å². The number of nitrogens with zero attached hydrogens (tertiary/aromatic N) is 2. The van der Waals surface area contributed by atoms with Crippen LogP contribution in [0, 0.1) is 5.92 Å². The molecule has 0 atom stereocenters. The van der Waals surface area contributed by atoms with Gasteiger partial charge in [0.05, 0.1) is 10.4 Å². The fourth-order valence-corrected chi connectivity index (χ4v) is 5.27. The molecule has 0 radical (unpaired) electrons. The van der Waals surface area contributed by atoms with Crippen molar-refractivity contribution in [2.75, 3.05) is 13.1 Å². The zero-order valence-electron chi connectivity index (χ0n) is 15.9. The average molecular weight is 407 g/mol. The molecule has 0 bridgehead atoms. The van der Waals surface area contributed by atoms with Crippen LogP contribution in [0.1, 0.15) is 39.0 Å². The molecule has 8 nitrogen and oxygen atoms in total. The van der Waals surface area contributed by atoms with Crippen molar-refractivity contribution >= 4 is 27.0 Å². The maximum absolute atomic E-state index is 13.0. The van der Waals surface area contributed by atoms with Crippen molar-refractivity contribution in [1.82, 2.24) is 14.2 Å². The minimum absolute atomic E-state index is 0.0738. The van der Waals surface area contributed by atoms with Gasteiger partial charge in [0.25, 0.3) is 0 Å². The molecule has 1 aliphatic carbocycles. The summed E-state index contributed by atoms with van der Waals surface area (Å²) < 4.78 is 34.1. The zero-order chi connectivity index (χ0) is 19.9. The summed E-state index contributed by atoms with van der Waals surface area (Å²) in [6.45, 7) is 3.07. The molecule has 2 heterocycles. The molecule has 1 aliphatic heterocycles. The van der Waals surface area contributed by atoms with Gasteiger partial charge < -0.3 is 9.73 Å². The summed E-state index contributed by atoms with van der Waals surface area (Å²) in [5, 5.41) is 2.99. The number of carbonyl (C=O) groups excluding carboxylic acids is 1. The van der Waals surface area contributed by atoms with Crippen LogP contribution in [0.5, 0.6) is 0 Å². The fraction of sp³-hybridized carbons (Fsp3) is 0.579. The first kappa shape index (κ1) is 19.2. The number of benzene rings is 1. The number of nitrogens with one attached hydrogen (secondary N) is 1. The van der Waals surface area contributed by atoms with E-state index in [0.717, 1.165) is 12.8 Å². The van der Waals surface area contributed by atoms with Crippen molar-refractivity contribution in [3.05, 3.63) is 28.7 Å². The molecule has 9 heteroatoms. The van der Waals surface area contributed by atoms with Gasteiger partial charge in [0.15, 0.2) is 5.58 Å². The molecular weight excluding hydrogens is 382 g/mol. The van der Waals surface area contributed by atoms with E-state index in [1.165, 1.54) is 21.0 Å². The van der Waals surface area contributed by atoms with E-state index in [0.29, 0.717) is 50.5 Å². The number of amides is 1. The summed E-state index contributed by atoms with van der Waals surface area (Å²) in [7, 11) is -3.66. The van der Waals surface area contributed by atoms with E-state index >= 15 is 0 Å². The molecule has 28 heavy (non-hydrogen) atoms. The van der Waals surface area contributed by atoms with Gasteiger partial charge in [-0.3, -0.25) is 9.36 Å². The van der Waals surface area contributed by atoms with Crippen molar-refractivity contribution in [1.29, 1.82) is 0 Å². The van der Waals surface area contributed by atoms with Crippen LogP contribution < -0.4 is 11.1 Å². The van der Waals surface area contributed by atoms with Crippen molar-refractivity contribution in [2.24, 2.45) is 5.92 Å². The number of carbonyl (C=O) groups is 1. The topological polar surface area (TPSA) is 102 Å². The monoisotopic (exact) mass is 407 g/mol. The predicted octanol–water partition coefficient (Wildman–Crippen LogP) is 1.68. The standard InChI is InChI=1S/C19H25N3O5S/c1-2-22-16-6-5-15(12-17(16)27-19(22)24)28(25,26)21-9-7-13(8-10-21)11-18(23)20-14-3-4-14/h5-6,12-14H,2-4,7-11H2,1H3,(H,20,23). The molecule has 152 valence electrons. The van der Waals surface area contributed by atoms with Gasteiger partial charge in [-0.25, -0.2) is 13.2 Å². The molecule has 1 saturated heterocycles. The minimum atomic E-state index is -3.66. The molecule has 0 spiro atoms. The average Bonchev–Trinajstić information content (AvgIpc) is 3.41. The highest BCUT2D eigenvalue weighted by molar-refractivity contribution is 7.89. The molecule has 1 aromatic carbocycles. The number of hydrogen-bond acceptors (Lipinski definition) is 5. The molecule has 4 rings (SSSR count). The molecule has 2 aromatic rings. The van der Waals surface area contributed by atoms with E-state index in [4.69, 9.17) is 4.42 Å². The summed E-state index contributed by atoms with van der Waals surface area (Å²) in [5.74, 6) is -0.202. The SMILES string of the molecule is CCn1c(=O)oc2cc(S(=O)(=O)N3CCC(CC(=O)NC4CC4)CC3)ccc21. The summed E-state index contributed by atoms with van der Waals surface area (Å²) in [5.41, 5.74) is 0.867. The van der Waals surface area contributed by atoms with Crippen LogP contribution in [0.4, 0.5) is 0 Å². The van der Waals surface area contributed by atoms with Crippen LogP contribution in [0.2, 0.25) is 0 Å². The highest BCUT2D eigenvalue weighted by atomic mass is 32.2. The number of aromatic nitrogens is 1. The van der Waals surface area contributed by atoms with Gasteiger partial charge in [-0.05, 0) is 50.7 Å². The lowest BCUT2D eigenvalue weighted by atomic mass is 9.94. The normalized spacial score (nSPS) is 19.2. The lowest BCUT2D eigenvalue weighted by molar-refractivity contribution is -0.122. The summed E-state index contributed by atoms with van der Waals surface area (Å²) in [6.07, 6.45) is 3.93. The first-order chi connectivity index (χ1) is 13.4. The second kappa shape index (κ2) is 7.36. The van der Waals surface area contributed by atoms with Gasteiger partial charge in [-0.2, -0.15) is 4.31 Å². The van der Waals surface area contributed by atoms with Crippen LogP contribution in [0.3, 0.4) is 0 Å². The smallest absolute Gasteiger partial charge is 0.408 e. The summed E-state index contributed by atoms with van der Waals surface area (Å²) >= 11 is 0. The Morgan fingerprint density at radius 3 is 2.57 bits per heavy atom. The van der Waals surface area contributed by atoms with E-state index < -0.39 is 15.8 Å². The molecule has 1 aromatic heterocycles. The van der Waals surface area contributed by atoms with Gasteiger partial charge in [0.2, 0.25) is 15.9 Å². The van der Waals surface area contributed by atoms with Crippen molar-refractivity contribution in [3.63, 3.8) is 0 Å². The summed E-state index contributed by atoms with van der Waals surface area (Å²) in [6, 6.07) is 4.91. The third-order valence-electron chi connectivity index (χ3n) is 5.58. The highest BCUT2D eigenvalue weighted by Crippen LogP contribution is 2.28. The lowest BCUT2D eigenvalue weighted by Gasteiger charge is -2.31. The number of piperidine rings is 1. The Bertz CT molecular complexity index is 1040. The molecule has 2 aliphatic rings. The predicted molar refractivity (Wildman–Crippen MR) is 103 cm³/mol. The Morgan fingerprint density at radius 2 is 1.93 bits per heavy atom. The third kappa shape index (κ3) is 3.73. The zero-order valence-corrected chi connectivity index (χ0v) is 16.7. The van der Waals surface area contributed by atoms with E-state index in [1.54, 1.807) is 6.07 Å². The molecule has 2 fully saturated rings. The largest absolute Gasteiger partial charge is 0.419 e. The Hall–Kier alpha value is -2.13. The van der Waals surface area contributed by atoms with E-state index in [1.807, 2.05) is 6.92 Å². The molecule has 0 unspecified atom stereocenters. The number of aryl methyl sites for hydroxylation is 1. The van der Waals surface area contributed by atoms with Gasteiger partial charge in [0, 0.05) is 38.2 Å². The van der Waals surface area contributed by atoms with Crippen molar-refractivity contribution < 1.29 is 17.6 Å². The quantitative estimate of drug-likeness (QED) is 0.785. The Balaban J connectivity index is 1.44. The van der Waals surface area contributed by atoms with Gasteiger partial charge in [-0.15, -0.1) is 0 Å². The highest BCUT2D eigenvalue weighted by Gasteiger charge is 2.31. The van der Waals surface area contributed by atoms with Gasteiger partial charge >= 0.3 is 5.76 Å². The molecule has 1 N–H and O–H groups in total. The van der Waals surface area contributed by atoms with Crippen LogP contribution in [0.15, 0.2) is 32.3 Å². The Morgan fingerprint density at radius 1 is 1.21 bits per heavy atom. The van der Waals surface area contributed by atoms with Crippen LogP contribution >= 0.6 is 0 Å². The first-order valence-electron chi connectivity index (χ1n) is 9.81. The van der Waals surface area contributed by atoms with Crippen LogP contribution in [-0.4, -0.2) is 42.3 Å². The van der Waals surface area contributed by atoms with Crippen LogP contribution in [-0.2, 0) is 21.4 Å². The van der Waals surface area contributed by atoms with Gasteiger partial charge in [-0.1, -0.05) is 0 Å². The Labute approximate surface area is 163 Å². The lowest BCUT2D eigenvalue weighted by Crippen LogP contribution is -2.39. The maximum Gasteiger partial charge on any atom is 0.419 e. The number of hydrogen-bond donors (Lipinski definition) is 1. The number of oxazole rings is 1. The number of sulfonamides is 1. The van der Waals surface area contributed by atoms with E-state index in [9.17, 15) is 18.0 Å². The third-order valence-corrected chi connectivity index (χ3v) is 7.48. The van der Waals surface area contributed by atoms with E-state index in [2.05, 4.69) is 5.32 Å². The maximum atomic E-state index is 13.0. The Kier molecular flexibility index (Phi) is 5.05. The van der Waals surface area contributed by atoms with Crippen molar-refractivity contribution in [2.45, 2.75) is 56.5 Å². The second-order valence-electron chi connectivity index (χ2n) is 7.64. The summed E-state index contributed by atoms with van der Waals surface area (Å²) in [4.78, 5) is 23.9. The first-order valence-corrected chi connectivity index (χ1v) is 11.3. The number of fused-ring (bicyclic) bond motifs is 1. The fourth-order valence-electron chi connectivity index (χ4n) is 3.79. The number of rotatable bonds is 6. The van der Waals surface area contributed by atoms with Gasteiger partial charge in [0.1, 0.15) is 0 Å². The minimum Gasteiger partial charge on any atom is -0.408 e.